The lowest BCUT2D eigenvalue weighted by molar-refractivity contribution is -0.141. The second-order valence-electron chi connectivity index (χ2n) is 8.39. The number of nitrogens with zero attached hydrogens (tertiary/aromatic N) is 1. The van der Waals surface area contributed by atoms with Gasteiger partial charge in [-0.3, -0.25) is 9.59 Å². The number of carbonyl (C=O) groups is 2. The summed E-state index contributed by atoms with van der Waals surface area (Å²) in [5.41, 5.74) is 1.80. The summed E-state index contributed by atoms with van der Waals surface area (Å²) in [7, 11) is 0. The molecule has 0 aliphatic carbocycles. The van der Waals surface area contributed by atoms with Crippen LogP contribution in [0.3, 0.4) is 0 Å². The number of hydrogen-bond acceptors (Lipinski definition) is 2. The Morgan fingerprint density at radius 3 is 2.26 bits per heavy atom. The molecule has 0 bridgehead atoms. The Labute approximate surface area is 209 Å². The molecule has 0 aliphatic rings. The van der Waals surface area contributed by atoms with E-state index in [0.717, 1.165) is 5.56 Å². The number of hydrogen-bond donors (Lipinski definition) is 1. The molecular formula is C27H27Cl2FN2O2. The highest BCUT2D eigenvalue weighted by Crippen LogP contribution is 2.24. The summed E-state index contributed by atoms with van der Waals surface area (Å²) >= 11 is 12.3. The van der Waals surface area contributed by atoms with Crippen molar-refractivity contribution in [3.63, 3.8) is 0 Å². The summed E-state index contributed by atoms with van der Waals surface area (Å²) in [5, 5.41) is 3.73. The van der Waals surface area contributed by atoms with Gasteiger partial charge in [-0.25, -0.2) is 4.39 Å². The van der Waals surface area contributed by atoms with E-state index in [-0.39, 0.29) is 37.2 Å². The number of halogens is 3. The summed E-state index contributed by atoms with van der Waals surface area (Å²) in [6.45, 7) is 3.65. The van der Waals surface area contributed by atoms with Gasteiger partial charge in [-0.05, 0) is 43.2 Å². The zero-order valence-electron chi connectivity index (χ0n) is 19.1. The van der Waals surface area contributed by atoms with Crippen molar-refractivity contribution in [3.05, 3.63) is 105 Å². The van der Waals surface area contributed by atoms with Crippen LogP contribution in [0.1, 0.15) is 30.5 Å². The second-order valence-corrected chi connectivity index (χ2v) is 9.24. The topological polar surface area (TPSA) is 49.4 Å². The van der Waals surface area contributed by atoms with E-state index >= 15 is 0 Å². The summed E-state index contributed by atoms with van der Waals surface area (Å²) < 4.78 is 14.6. The van der Waals surface area contributed by atoms with Gasteiger partial charge in [0, 0.05) is 34.6 Å². The Morgan fingerprint density at radius 1 is 0.941 bits per heavy atom. The van der Waals surface area contributed by atoms with Crippen LogP contribution in [0, 0.1) is 5.82 Å². The average Bonchev–Trinajstić information content (AvgIpc) is 2.79. The first kappa shape index (κ1) is 25.7. The number of benzene rings is 3. The largest absolute Gasteiger partial charge is 0.352 e. The quantitative estimate of drug-likeness (QED) is 0.401. The Hall–Kier alpha value is -2.89. The van der Waals surface area contributed by atoms with E-state index in [1.807, 2.05) is 44.2 Å². The molecule has 3 aromatic carbocycles. The Bertz CT molecular complexity index is 1140. The molecule has 4 nitrogen and oxygen atoms in total. The predicted octanol–water partition coefficient (Wildman–Crippen LogP) is 5.84. The summed E-state index contributed by atoms with van der Waals surface area (Å²) in [6, 6.07) is 19.6. The van der Waals surface area contributed by atoms with Crippen molar-refractivity contribution in [1.29, 1.82) is 0 Å². The van der Waals surface area contributed by atoms with Gasteiger partial charge < -0.3 is 10.2 Å². The number of amides is 2. The minimum Gasteiger partial charge on any atom is -0.352 e. The lowest BCUT2D eigenvalue weighted by Crippen LogP contribution is -2.52. The first-order chi connectivity index (χ1) is 16.2. The zero-order chi connectivity index (χ0) is 24.7. The summed E-state index contributed by atoms with van der Waals surface area (Å²) in [4.78, 5) is 28.4. The fourth-order valence-corrected chi connectivity index (χ4v) is 4.15. The highest BCUT2D eigenvalue weighted by molar-refractivity contribution is 6.35. The lowest BCUT2D eigenvalue weighted by Gasteiger charge is -2.32. The minimum absolute atomic E-state index is 0.0509. The van der Waals surface area contributed by atoms with E-state index in [4.69, 9.17) is 23.2 Å². The molecule has 0 fully saturated rings. The van der Waals surface area contributed by atoms with E-state index < -0.39 is 11.9 Å². The molecule has 0 radical (unpaired) electrons. The maximum Gasteiger partial charge on any atom is 0.243 e. The first-order valence-electron chi connectivity index (χ1n) is 11.1. The van der Waals surface area contributed by atoms with Gasteiger partial charge >= 0.3 is 0 Å². The van der Waals surface area contributed by atoms with Crippen LogP contribution in [0.4, 0.5) is 4.39 Å². The van der Waals surface area contributed by atoms with Gasteiger partial charge in [-0.2, -0.15) is 0 Å². The molecule has 1 atom stereocenters. The summed E-state index contributed by atoms with van der Waals surface area (Å²) in [5.74, 6) is -1.08. The van der Waals surface area contributed by atoms with Crippen molar-refractivity contribution in [2.45, 2.75) is 45.3 Å². The SMILES string of the molecule is CC(C)NC(=O)C(Cc1ccccc1)N(Cc1ccccc1F)C(=O)Cc1ccc(Cl)cc1Cl. The van der Waals surface area contributed by atoms with Crippen molar-refractivity contribution in [2.24, 2.45) is 0 Å². The molecule has 3 aromatic rings. The third-order valence-corrected chi connectivity index (χ3v) is 5.94. The van der Waals surface area contributed by atoms with E-state index in [1.165, 1.54) is 11.0 Å². The highest BCUT2D eigenvalue weighted by Gasteiger charge is 2.31. The van der Waals surface area contributed by atoms with Crippen LogP contribution in [0.15, 0.2) is 72.8 Å². The molecular weight excluding hydrogens is 474 g/mol. The molecule has 7 heteroatoms. The maximum atomic E-state index is 14.6. The first-order valence-corrected chi connectivity index (χ1v) is 11.8. The number of carbonyl (C=O) groups excluding carboxylic acids is 2. The molecule has 0 spiro atoms. The van der Waals surface area contributed by atoms with Crippen LogP contribution in [0.2, 0.25) is 10.0 Å². The number of nitrogens with one attached hydrogen (secondary N) is 1. The van der Waals surface area contributed by atoms with Crippen molar-refractivity contribution < 1.29 is 14.0 Å². The molecule has 0 heterocycles. The Kier molecular flexibility index (Phi) is 9.08. The fourth-order valence-electron chi connectivity index (χ4n) is 3.67. The Morgan fingerprint density at radius 2 is 1.62 bits per heavy atom. The van der Waals surface area contributed by atoms with Gasteiger partial charge in [0.15, 0.2) is 0 Å². The molecule has 0 aromatic heterocycles. The highest BCUT2D eigenvalue weighted by atomic mass is 35.5. The van der Waals surface area contributed by atoms with E-state index in [0.29, 0.717) is 21.2 Å². The minimum atomic E-state index is -0.844. The van der Waals surface area contributed by atoms with Crippen molar-refractivity contribution >= 4 is 35.0 Å². The maximum absolute atomic E-state index is 14.6. The standard InChI is InChI=1S/C27H27Cl2FN2O2/c1-18(2)31-27(34)25(14-19-8-4-3-5-9-19)32(17-21-10-6-7-11-24(21)30)26(33)15-20-12-13-22(28)16-23(20)29/h3-13,16,18,25H,14-15,17H2,1-2H3,(H,31,34). The summed E-state index contributed by atoms with van der Waals surface area (Å²) in [6.07, 6.45) is 0.235. The molecule has 178 valence electrons. The fraction of sp³-hybridized carbons (Fsp3) is 0.259. The molecule has 1 unspecified atom stereocenters. The van der Waals surface area contributed by atoms with Gasteiger partial charge in [-0.1, -0.05) is 77.8 Å². The van der Waals surface area contributed by atoms with Crippen LogP contribution < -0.4 is 5.32 Å². The molecule has 3 rings (SSSR count). The lowest BCUT2D eigenvalue weighted by atomic mass is 10.0. The molecule has 1 N–H and O–H groups in total. The van der Waals surface area contributed by atoms with E-state index in [2.05, 4.69) is 5.32 Å². The van der Waals surface area contributed by atoms with Gasteiger partial charge in [0.2, 0.25) is 11.8 Å². The predicted molar refractivity (Wildman–Crippen MR) is 134 cm³/mol. The van der Waals surface area contributed by atoms with E-state index in [9.17, 15) is 14.0 Å². The van der Waals surface area contributed by atoms with Gasteiger partial charge in [0.25, 0.3) is 0 Å². The second kappa shape index (κ2) is 12.0. The van der Waals surface area contributed by atoms with Gasteiger partial charge in [-0.15, -0.1) is 0 Å². The smallest absolute Gasteiger partial charge is 0.243 e. The third-order valence-electron chi connectivity index (χ3n) is 5.36. The average molecular weight is 501 g/mol. The molecule has 0 saturated heterocycles. The van der Waals surface area contributed by atoms with Crippen molar-refractivity contribution in [2.75, 3.05) is 0 Å². The normalized spacial score (nSPS) is 11.8. The van der Waals surface area contributed by atoms with Crippen molar-refractivity contribution in [3.8, 4) is 0 Å². The monoisotopic (exact) mass is 500 g/mol. The van der Waals surface area contributed by atoms with Crippen LogP contribution in [0.5, 0.6) is 0 Å². The van der Waals surface area contributed by atoms with E-state index in [1.54, 1.807) is 36.4 Å². The van der Waals surface area contributed by atoms with Crippen LogP contribution in [-0.4, -0.2) is 28.8 Å². The van der Waals surface area contributed by atoms with Crippen LogP contribution in [0.25, 0.3) is 0 Å². The van der Waals surface area contributed by atoms with Gasteiger partial charge in [0.1, 0.15) is 11.9 Å². The third kappa shape index (κ3) is 7.05. The Balaban J connectivity index is 2.00. The molecule has 2 amide bonds. The van der Waals surface area contributed by atoms with Crippen LogP contribution >= 0.6 is 23.2 Å². The number of rotatable bonds is 9. The molecule has 0 aliphatic heterocycles. The van der Waals surface area contributed by atoms with Crippen LogP contribution in [-0.2, 0) is 29.0 Å². The molecule has 34 heavy (non-hydrogen) atoms. The van der Waals surface area contributed by atoms with Gasteiger partial charge in [0.05, 0.1) is 6.42 Å². The van der Waals surface area contributed by atoms with Crippen molar-refractivity contribution in [1.82, 2.24) is 10.2 Å². The molecule has 0 saturated carbocycles. The zero-order valence-corrected chi connectivity index (χ0v) is 20.6.